The summed E-state index contributed by atoms with van der Waals surface area (Å²) in [6, 6.07) is 29.2. The molecule has 0 saturated carbocycles. The molecular weight excluding hydrogens is 611 g/mol. The molecule has 0 saturated heterocycles. The first-order valence-electron chi connectivity index (χ1n) is 17.0. The molecule has 0 aliphatic carbocycles. The number of aliphatic hydroxyl groups excluding tert-OH is 1. The summed E-state index contributed by atoms with van der Waals surface area (Å²) < 4.78 is 24.3. The molecule has 0 radical (unpaired) electrons. The van der Waals surface area contributed by atoms with Crippen molar-refractivity contribution in [1.82, 2.24) is 0 Å². The van der Waals surface area contributed by atoms with Gasteiger partial charge in [-0.05, 0) is 60.7 Å². The second-order valence-corrected chi connectivity index (χ2v) is 12.2. The molecule has 4 aromatic carbocycles. The molecule has 0 bridgehead atoms. The molecule has 8 heteroatoms. The van der Waals surface area contributed by atoms with Gasteiger partial charge in [0.1, 0.15) is 29.0 Å². The summed E-state index contributed by atoms with van der Waals surface area (Å²) in [5, 5.41) is 22.7. The summed E-state index contributed by atoms with van der Waals surface area (Å²) >= 11 is 0. The number of hydrogen-bond acceptors (Lipinski definition) is 7. The molecule has 1 atom stereocenters. The third-order valence-electron chi connectivity index (χ3n) is 8.77. The minimum Gasteiger partial charge on any atom is -0.546 e. The van der Waals surface area contributed by atoms with Gasteiger partial charge in [-0.1, -0.05) is 118 Å². The number of carboxylic acids is 1. The van der Waals surface area contributed by atoms with Crippen molar-refractivity contribution in [3.8, 4) is 17.2 Å². The predicted molar refractivity (Wildman–Crippen MR) is 186 cm³/mol. The Kier molecular flexibility index (Phi) is 16.3. The van der Waals surface area contributed by atoms with E-state index >= 15 is 0 Å². The van der Waals surface area contributed by atoms with Crippen molar-refractivity contribution in [2.45, 2.75) is 90.1 Å². The van der Waals surface area contributed by atoms with Gasteiger partial charge in [0, 0.05) is 11.1 Å². The maximum atomic E-state index is 12.3. The number of unbranched alkanes of at least 4 members (excludes halogenated alkanes) is 6. The van der Waals surface area contributed by atoms with Gasteiger partial charge in [-0.25, -0.2) is 0 Å². The number of benzene rings is 4. The summed E-state index contributed by atoms with van der Waals surface area (Å²) in [6.07, 6.45) is 6.60. The number of carbonyl (C=O) groups excluding carboxylic acids is 1. The van der Waals surface area contributed by atoms with E-state index in [0.717, 1.165) is 41.5 Å². The van der Waals surface area contributed by atoms with Gasteiger partial charge in [0.25, 0.3) is 0 Å². The predicted octanol–water partition coefficient (Wildman–Crippen LogP) is 4.66. The van der Waals surface area contributed by atoms with E-state index in [1.807, 2.05) is 97.9 Å². The molecule has 1 N–H and O–H groups in total. The molecule has 0 aliphatic heterocycles. The summed E-state index contributed by atoms with van der Waals surface area (Å²) in [4.78, 5) is 12.3. The molecule has 0 spiro atoms. The first-order valence-corrected chi connectivity index (χ1v) is 17.0. The van der Waals surface area contributed by atoms with E-state index in [1.165, 1.54) is 19.3 Å². The monoisotopic (exact) mass is 660 g/mol. The number of ether oxygens (including phenoxy) is 4. The van der Waals surface area contributed by atoms with Crippen LogP contribution in [0.15, 0.2) is 91.0 Å². The van der Waals surface area contributed by atoms with Crippen LogP contribution < -0.4 is 38.2 Å². The van der Waals surface area contributed by atoms with Crippen molar-refractivity contribution < 1.29 is 52.8 Å². The average molecular weight is 661 g/mol. The van der Waals surface area contributed by atoms with Crippen molar-refractivity contribution in [2.75, 3.05) is 14.2 Å². The molecule has 1 unspecified atom stereocenters. The van der Waals surface area contributed by atoms with Crippen LogP contribution >= 0.6 is 0 Å². The largest absolute Gasteiger partial charge is 1.00 e. The minimum atomic E-state index is -1.27. The van der Waals surface area contributed by atoms with Crippen molar-refractivity contribution in [1.29, 1.82) is 0 Å². The van der Waals surface area contributed by atoms with Crippen LogP contribution in [0.2, 0.25) is 0 Å². The first kappa shape index (κ1) is 39.7. The molecule has 0 amide bonds. The van der Waals surface area contributed by atoms with E-state index in [-0.39, 0.29) is 32.1 Å². The molecule has 4 aromatic rings. The maximum absolute atomic E-state index is 12.3. The number of carbonyl (C=O) groups is 1. The zero-order chi connectivity index (χ0) is 34.4. The fourth-order valence-electron chi connectivity index (χ4n) is 6.22. The number of aliphatic carboxylic acids is 1. The van der Waals surface area contributed by atoms with Gasteiger partial charge in [0.2, 0.25) is 0 Å². The fraction of sp³-hybridized carbons (Fsp3) is 0.390. The van der Waals surface area contributed by atoms with E-state index in [1.54, 1.807) is 14.2 Å². The average Bonchev–Trinajstić information content (AvgIpc) is 3.12. The number of rotatable bonds is 20. The van der Waals surface area contributed by atoms with Crippen LogP contribution in [0, 0.1) is 6.92 Å². The number of aryl methyl sites for hydroxylation is 1. The zero-order valence-corrected chi connectivity index (χ0v) is 29.7. The molecule has 7 nitrogen and oxygen atoms in total. The van der Waals surface area contributed by atoms with Gasteiger partial charge in [-0.2, -0.15) is 0 Å². The molecule has 4 rings (SSSR count). The van der Waals surface area contributed by atoms with Crippen molar-refractivity contribution in [3.63, 3.8) is 0 Å². The van der Waals surface area contributed by atoms with Crippen LogP contribution in [-0.2, 0) is 28.3 Å². The number of aliphatic hydroxyl groups is 1. The summed E-state index contributed by atoms with van der Waals surface area (Å²) in [5.41, 5.74) is 3.55. The van der Waals surface area contributed by atoms with E-state index in [0.29, 0.717) is 41.2 Å². The Morgan fingerprint density at radius 3 is 1.78 bits per heavy atom. The first-order chi connectivity index (χ1) is 23.4. The van der Waals surface area contributed by atoms with E-state index in [4.69, 9.17) is 18.9 Å². The Bertz CT molecular complexity index is 1510. The van der Waals surface area contributed by atoms with Crippen molar-refractivity contribution in [3.05, 3.63) is 124 Å². The third kappa shape index (κ3) is 10.4. The molecular formula is C41H49LiO7. The van der Waals surface area contributed by atoms with E-state index in [9.17, 15) is 15.0 Å². The molecule has 49 heavy (non-hydrogen) atoms. The SMILES string of the molecule is CCCCCCCCCC(Oc1c(CO)cc(C)cc1COC(c1ccccc1)(c1ccc(OC)cc1)c1ccc(OC)cc1)C(=O)[O-].[Li+]. The Hall–Kier alpha value is -3.73. The third-order valence-corrected chi connectivity index (χ3v) is 8.77. The minimum absolute atomic E-state index is 0. The quantitative estimate of drug-likeness (QED) is 0.0838. The Morgan fingerprint density at radius 1 is 0.755 bits per heavy atom. The van der Waals surface area contributed by atoms with Crippen LogP contribution in [0.5, 0.6) is 17.2 Å². The summed E-state index contributed by atoms with van der Waals surface area (Å²) in [6.45, 7) is 3.85. The second-order valence-electron chi connectivity index (χ2n) is 12.2. The maximum Gasteiger partial charge on any atom is 1.00 e. The number of methoxy groups -OCH3 is 2. The zero-order valence-electron chi connectivity index (χ0n) is 29.7. The second kappa shape index (κ2) is 20.1. The summed E-state index contributed by atoms with van der Waals surface area (Å²) in [5.74, 6) is 0.470. The number of carboxylic acid groups (broad SMARTS) is 1. The van der Waals surface area contributed by atoms with Gasteiger partial charge in [0.15, 0.2) is 0 Å². The normalized spacial score (nSPS) is 11.8. The van der Waals surface area contributed by atoms with E-state index < -0.39 is 17.7 Å². The Labute approximate surface area is 303 Å². The Morgan fingerprint density at radius 2 is 1.27 bits per heavy atom. The van der Waals surface area contributed by atoms with Crippen LogP contribution in [0.4, 0.5) is 0 Å². The molecule has 256 valence electrons. The summed E-state index contributed by atoms with van der Waals surface area (Å²) in [7, 11) is 3.26. The van der Waals surface area contributed by atoms with E-state index in [2.05, 4.69) is 6.92 Å². The van der Waals surface area contributed by atoms with Gasteiger partial charge < -0.3 is 34.0 Å². The van der Waals surface area contributed by atoms with Gasteiger partial charge in [-0.15, -0.1) is 0 Å². The Balaban J connectivity index is 0.00000650. The molecule has 0 aliphatic rings. The van der Waals surface area contributed by atoms with Crippen LogP contribution in [0.3, 0.4) is 0 Å². The van der Waals surface area contributed by atoms with Gasteiger partial charge in [-0.3, -0.25) is 0 Å². The molecule has 0 heterocycles. The van der Waals surface area contributed by atoms with Gasteiger partial charge >= 0.3 is 18.9 Å². The van der Waals surface area contributed by atoms with Crippen LogP contribution in [-0.4, -0.2) is 31.4 Å². The van der Waals surface area contributed by atoms with Crippen LogP contribution in [0.1, 0.15) is 91.7 Å². The van der Waals surface area contributed by atoms with Crippen molar-refractivity contribution >= 4 is 5.97 Å². The molecule has 0 fully saturated rings. The number of hydrogen-bond donors (Lipinski definition) is 1. The van der Waals surface area contributed by atoms with Crippen LogP contribution in [0.25, 0.3) is 0 Å². The topological polar surface area (TPSA) is 97.3 Å². The van der Waals surface area contributed by atoms with Crippen molar-refractivity contribution in [2.24, 2.45) is 0 Å². The molecule has 0 aromatic heterocycles. The standard InChI is InChI=1S/C41H50O7.Li/c1-5-6-7-8-9-10-14-17-38(40(43)44)48-39-31(28-42)26-30(2)27-32(39)29-47-41(33-15-12-11-13-16-33,34-18-22-36(45-3)23-19-34)35-20-24-37(46-4)25-21-35;/h11-13,15-16,18-27,38,42H,5-10,14,17,28-29H2,1-4H3,(H,43,44);/q;+1/p-1. The fourth-order valence-corrected chi connectivity index (χ4v) is 6.22. The smallest absolute Gasteiger partial charge is 0.546 e. The van der Waals surface area contributed by atoms with Gasteiger partial charge in [0.05, 0.1) is 33.4 Å².